The number of aryl methyl sites for hydroxylation is 1. The van der Waals surface area contributed by atoms with E-state index in [2.05, 4.69) is 41.8 Å². The first-order valence-electron chi connectivity index (χ1n) is 11.0. The Morgan fingerprint density at radius 1 is 1.13 bits per heavy atom. The number of aliphatic hydroxyl groups is 1. The Morgan fingerprint density at radius 3 is 2.74 bits per heavy atom. The minimum Gasteiger partial charge on any atom is -0.472 e. The summed E-state index contributed by atoms with van der Waals surface area (Å²) in [6.45, 7) is 4.54. The van der Waals surface area contributed by atoms with Crippen molar-refractivity contribution in [2.24, 2.45) is 0 Å². The average molecular weight is 424 g/mol. The standard InChI is InChI=1S/C25H33N3O3/c1-3-19-7-4-8-20(15-19)17-26-12-6-13-27-24(30)21-9-5-10-22(16-21)25-28(2)23(11-14-29)18-31-25/h4-5,7-10,15-16,18,25-26,29H,3,6,11-14,17H2,1-2H3,(H,27,30). The molecule has 2 aromatic rings. The highest BCUT2D eigenvalue weighted by molar-refractivity contribution is 5.94. The molecular weight excluding hydrogens is 390 g/mol. The van der Waals surface area contributed by atoms with Gasteiger partial charge in [0.15, 0.2) is 6.23 Å². The molecule has 0 saturated carbocycles. The third-order valence-corrected chi connectivity index (χ3v) is 5.48. The van der Waals surface area contributed by atoms with Crippen LogP contribution in [0.2, 0.25) is 0 Å². The van der Waals surface area contributed by atoms with Crippen molar-refractivity contribution in [3.63, 3.8) is 0 Å². The smallest absolute Gasteiger partial charge is 0.251 e. The maximum Gasteiger partial charge on any atom is 0.251 e. The van der Waals surface area contributed by atoms with E-state index in [1.54, 1.807) is 6.26 Å². The summed E-state index contributed by atoms with van der Waals surface area (Å²) in [6, 6.07) is 16.1. The lowest BCUT2D eigenvalue weighted by atomic mass is 10.1. The van der Waals surface area contributed by atoms with Gasteiger partial charge in [-0.2, -0.15) is 0 Å². The van der Waals surface area contributed by atoms with Gasteiger partial charge in [-0.15, -0.1) is 0 Å². The number of benzene rings is 2. The van der Waals surface area contributed by atoms with E-state index in [1.807, 2.05) is 36.2 Å². The maximum absolute atomic E-state index is 12.6. The summed E-state index contributed by atoms with van der Waals surface area (Å²) in [6.07, 6.45) is 3.86. The van der Waals surface area contributed by atoms with Crippen molar-refractivity contribution in [2.45, 2.75) is 39.0 Å². The van der Waals surface area contributed by atoms with Gasteiger partial charge in [-0.3, -0.25) is 4.79 Å². The number of rotatable bonds is 11. The van der Waals surface area contributed by atoms with Crippen molar-refractivity contribution in [2.75, 3.05) is 26.7 Å². The number of carbonyl (C=O) groups excluding carboxylic acids is 1. The van der Waals surface area contributed by atoms with Crippen molar-refractivity contribution in [1.29, 1.82) is 0 Å². The predicted octanol–water partition coefficient (Wildman–Crippen LogP) is 3.34. The van der Waals surface area contributed by atoms with Gasteiger partial charge in [0.2, 0.25) is 0 Å². The molecule has 0 saturated heterocycles. The largest absolute Gasteiger partial charge is 0.472 e. The summed E-state index contributed by atoms with van der Waals surface area (Å²) >= 11 is 0. The van der Waals surface area contributed by atoms with Crippen LogP contribution in [0.25, 0.3) is 0 Å². The minimum atomic E-state index is -0.273. The third-order valence-electron chi connectivity index (χ3n) is 5.48. The highest BCUT2D eigenvalue weighted by Gasteiger charge is 2.26. The van der Waals surface area contributed by atoms with Gasteiger partial charge in [-0.05, 0) is 42.6 Å². The molecule has 3 rings (SSSR count). The number of amides is 1. The molecule has 0 bridgehead atoms. The molecule has 0 aliphatic carbocycles. The fourth-order valence-electron chi connectivity index (χ4n) is 3.66. The topological polar surface area (TPSA) is 73.8 Å². The summed E-state index contributed by atoms with van der Waals surface area (Å²) in [5.74, 6) is -0.0818. The number of ether oxygens (including phenoxy) is 1. The zero-order valence-corrected chi connectivity index (χ0v) is 18.4. The van der Waals surface area contributed by atoms with Crippen LogP contribution in [0.15, 0.2) is 60.5 Å². The van der Waals surface area contributed by atoms with Crippen molar-refractivity contribution in [1.82, 2.24) is 15.5 Å². The molecule has 0 aromatic heterocycles. The molecule has 1 unspecified atom stereocenters. The molecule has 0 spiro atoms. The van der Waals surface area contributed by atoms with Crippen LogP contribution in [0, 0.1) is 0 Å². The van der Waals surface area contributed by atoms with Gasteiger partial charge in [0.05, 0.1) is 5.70 Å². The minimum absolute atomic E-state index is 0.0781. The Labute approximate surface area is 184 Å². The van der Waals surface area contributed by atoms with E-state index in [9.17, 15) is 4.79 Å². The van der Waals surface area contributed by atoms with Crippen LogP contribution in [-0.2, 0) is 17.7 Å². The average Bonchev–Trinajstić information content (AvgIpc) is 3.16. The van der Waals surface area contributed by atoms with Crippen molar-refractivity contribution < 1.29 is 14.6 Å². The predicted molar refractivity (Wildman–Crippen MR) is 122 cm³/mol. The maximum atomic E-state index is 12.6. The first-order valence-corrected chi connectivity index (χ1v) is 11.0. The second-order valence-electron chi connectivity index (χ2n) is 7.77. The van der Waals surface area contributed by atoms with Crippen LogP contribution >= 0.6 is 0 Å². The Morgan fingerprint density at radius 2 is 1.94 bits per heavy atom. The lowest BCUT2D eigenvalue weighted by Gasteiger charge is -2.23. The Kier molecular flexibility index (Phi) is 8.50. The molecule has 1 heterocycles. The Balaban J connectivity index is 1.41. The second-order valence-corrected chi connectivity index (χ2v) is 7.77. The number of hydrogen-bond acceptors (Lipinski definition) is 5. The molecule has 0 fully saturated rings. The van der Waals surface area contributed by atoms with E-state index in [-0.39, 0.29) is 18.7 Å². The molecule has 31 heavy (non-hydrogen) atoms. The third kappa shape index (κ3) is 6.32. The van der Waals surface area contributed by atoms with Crippen LogP contribution in [0.5, 0.6) is 0 Å². The first-order chi connectivity index (χ1) is 15.1. The van der Waals surface area contributed by atoms with Gasteiger partial charge in [-0.1, -0.05) is 43.3 Å². The molecule has 2 aromatic carbocycles. The molecular formula is C25H33N3O3. The number of nitrogens with zero attached hydrogens (tertiary/aromatic N) is 1. The van der Waals surface area contributed by atoms with Crippen LogP contribution in [0.1, 0.15) is 53.0 Å². The van der Waals surface area contributed by atoms with Gasteiger partial charge in [-0.25, -0.2) is 0 Å². The molecule has 1 aliphatic rings. The van der Waals surface area contributed by atoms with E-state index in [0.717, 1.165) is 37.2 Å². The molecule has 1 atom stereocenters. The summed E-state index contributed by atoms with van der Waals surface area (Å²) < 4.78 is 5.74. The first kappa shape index (κ1) is 22.8. The monoisotopic (exact) mass is 423 g/mol. The van der Waals surface area contributed by atoms with Crippen molar-refractivity contribution in [3.05, 3.63) is 82.7 Å². The fraction of sp³-hybridized carbons (Fsp3) is 0.400. The highest BCUT2D eigenvalue weighted by Crippen LogP contribution is 2.32. The summed E-state index contributed by atoms with van der Waals surface area (Å²) in [4.78, 5) is 14.5. The normalized spacial score (nSPS) is 15.5. The van der Waals surface area contributed by atoms with Crippen molar-refractivity contribution >= 4 is 5.91 Å². The van der Waals surface area contributed by atoms with E-state index >= 15 is 0 Å². The number of hydrogen-bond donors (Lipinski definition) is 3. The number of nitrogens with one attached hydrogen (secondary N) is 2. The summed E-state index contributed by atoms with van der Waals surface area (Å²) in [5.41, 5.74) is 5.11. The zero-order valence-electron chi connectivity index (χ0n) is 18.4. The summed E-state index contributed by atoms with van der Waals surface area (Å²) in [7, 11) is 1.93. The van der Waals surface area contributed by atoms with Crippen LogP contribution in [0.4, 0.5) is 0 Å². The molecule has 166 valence electrons. The summed E-state index contributed by atoms with van der Waals surface area (Å²) in [5, 5.41) is 15.6. The van der Waals surface area contributed by atoms with Gasteiger partial charge in [0.1, 0.15) is 6.26 Å². The van der Waals surface area contributed by atoms with E-state index < -0.39 is 0 Å². The number of carbonyl (C=O) groups is 1. The lowest BCUT2D eigenvalue weighted by Crippen LogP contribution is -2.27. The van der Waals surface area contributed by atoms with Crippen LogP contribution in [0.3, 0.4) is 0 Å². The van der Waals surface area contributed by atoms with Crippen LogP contribution in [-0.4, -0.2) is 42.7 Å². The molecule has 1 aliphatic heterocycles. The SMILES string of the molecule is CCc1cccc(CNCCCNC(=O)c2cccc(C3OC=C(CCO)N3C)c2)c1. The highest BCUT2D eigenvalue weighted by atomic mass is 16.5. The Bertz CT molecular complexity index is 897. The van der Waals surface area contributed by atoms with Gasteiger partial charge >= 0.3 is 0 Å². The number of aliphatic hydroxyl groups excluding tert-OH is 1. The van der Waals surface area contributed by atoms with E-state index in [4.69, 9.17) is 9.84 Å². The van der Waals surface area contributed by atoms with Crippen LogP contribution < -0.4 is 10.6 Å². The van der Waals surface area contributed by atoms with Crippen molar-refractivity contribution in [3.8, 4) is 0 Å². The Hall–Kier alpha value is -2.83. The second kappa shape index (κ2) is 11.5. The molecule has 6 heteroatoms. The van der Waals surface area contributed by atoms with Gasteiger partial charge in [0.25, 0.3) is 5.91 Å². The van der Waals surface area contributed by atoms with E-state index in [0.29, 0.717) is 18.5 Å². The molecule has 0 radical (unpaired) electrons. The molecule has 1 amide bonds. The zero-order chi connectivity index (χ0) is 22.1. The van der Waals surface area contributed by atoms with Gasteiger partial charge in [0, 0.05) is 44.3 Å². The molecule has 6 nitrogen and oxygen atoms in total. The fourth-order valence-corrected chi connectivity index (χ4v) is 3.66. The quantitative estimate of drug-likeness (QED) is 0.484. The van der Waals surface area contributed by atoms with E-state index in [1.165, 1.54) is 11.1 Å². The molecule has 3 N–H and O–H groups in total. The lowest BCUT2D eigenvalue weighted by molar-refractivity contribution is 0.0671. The van der Waals surface area contributed by atoms with Gasteiger partial charge < -0.3 is 25.4 Å².